The first-order valence-electron chi connectivity index (χ1n) is 5.92. The van der Waals surface area contributed by atoms with Gasteiger partial charge in [0.05, 0.1) is 8.07 Å². The molecule has 16 heavy (non-hydrogen) atoms. The van der Waals surface area contributed by atoms with E-state index in [2.05, 4.69) is 64.7 Å². The van der Waals surface area contributed by atoms with Crippen molar-refractivity contribution in [1.29, 1.82) is 0 Å². The Bertz CT molecular complexity index is 327. The van der Waals surface area contributed by atoms with Crippen molar-refractivity contribution in [3.8, 4) is 0 Å². The zero-order valence-corrected chi connectivity index (χ0v) is 13.2. The van der Waals surface area contributed by atoms with E-state index >= 15 is 0 Å². The first-order chi connectivity index (χ1) is 7.18. The highest BCUT2D eigenvalue weighted by molar-refractivity contribution is 7.99. The van der Waals surface area contributed by atoms with Crippen molar-refractivity contribution < 1.29 is 0 Å². The summed E-state index contributed by atoms with van der Waals surface area (Å²) in [5.74, 6) is 1.12. The van der Waals surface area contributed by atoms with Crippen molar-refractivity contribution in [3.63, 3.8) is 0 Å². The van der Waals surface area contributed by atoms with Gasteiger partial charge in [-0.05, 0) is 5.56 Å². The summed E-state index contributed by atoms with van der Waals surface area (Å²) >= 11 is 2.01. The highest BCUT2D eigenvalue weighted by Crippen LogP contribution is 2.26. The molecule has 1 aromatic carbocycles. The summed E-state index contributed by atoms with van der Waals surface area (Å²) in [7, 11) is -1.12. The van der Waals surface area contributed by atoms with Crippen LogP contribution in [0.2, 0.25) is 19.6 Å². The smallest absolute Gasteiger partial charge is 0.0775 e. The predicted octanol–water partition coefficient (Wildman–Crippen LogP) is 4.26. The van der Waals surface area contributed by atoms with Crippen molar-refractivity contribution >= 4 is 25.0 Å². The Morgan fingerprint density at radius 1 is 1.00 bits per heavy atom. The van der Waals surface area contributed by atoms with Crippen LogP contribution >= 0.6 is 11.8 Å². The zero-order valence-electron chi connectivity index (χ0n) is 11.4. The Morgan fingerprint density at radius 3 is 1.88 bits per heavy atom. The van der Waals surface area contributed by atoms with Crippen LogP contribution in [0.4, 0.5) is 0 Å². The lowest BCUT2D eigenvalue weighted by atomic mass is 10.2. The molecule has 0 aliphatic carbocycles. The third kappa shape index (κ3) is 4.75. The predicted molar refractivity (Wildman–Crippen MR) is 80.5 cm³/mol. The number of thioether (sulfide) groups is 1. The lowest BCUT2D eigenvalue weighted by Crippen LogP contribution is -2.37. The van der Waals surface area contributed by atoms with Crippen molar-refractivity contribution in [2.24, 2.45) is 0 Å². The number of hydrogen-bond donors (Lipinski definition) is 0. The summed E-state index contributed by atoms with van der Waals surface area (Å²) in [5.41, 5.74) is 1.45. The molecule has 0 heterocycles. The van der Waals surface area contributed by atoms with Gasteiger partial charge < -0.3 is 0 Å². The van der Waals surface area contributed by atoms with Crippen LogP contribution in [0.15, 0.2) is 24.3 Å². The van der Waals surface area contributed by atoms with E-state index < -0.39 is 8.07 Å². The highest BCUT2D eigenvalue weighted by atomic mass is 32.2. The molecular weight excluding hydrogens is 228 g/mol. The van der Waals surface area contributed by atoms with Crippen LogP contribution in [0.25, 0.3) is 0 Å². The maximum Gasteiger partial charge on any atom is 0.0775 e. The summed E-state index contributed by atoms with van der Waals surface area (Å²) in [6, 6.07) is 9.24. The van der Waals surface area contributed by atoms with Gasteiger partial charge >= 0.3 is 0 Å². The molecule has 2 heteroatoms. The molecule has 0 spiro atoms. The Balaban J connectivity index is 2.66. The van der Waals surface area contributed by atoms with Crippen LogP contribution in [-0.2, 0) is 5.75 Å². The molecule has 0 atom stereocenters. The monoisotopic (exact) mass is 252 g/mol. The van der Waals surface area contributed by atoms with Crippen molar-refractivity contribution in [2.45, 2.75) is 50.9 Å². The van der Waals surface area contributed by atoms with E-state index in [0.717, 1.165) is 5.75 Å². The van der Waals surface area contributed by atoms with E-state index in [0.29, 0.717) is 4.75 Å². The zero-order chi connectivity index (χ0) is 12.4. The van der Waals surface area contributed by atoms with E-state index in [-0.39, 0.29) is 0 Å². The average Bonchev–Trinajstić information content (AvgIpc) is 2.13. The largest absolute Gasteiger partial charge is 0.151 e. The van der Waals surface area contributed by atoms with E-state index in [9.17, 15) is 0 Å². The highest BCUT2D eigenvalue weighted by Gasteiger charge is 2.16. The van der Waals surface area contributed by atoms with Gasteiger partial charge in [0.15, 0.2) is 0 Å². The van der Waals surface area contributed by atoms with Gasteiger partial charge in [-0.15, -0.1) is 0 Å². The second kappa shape index (κ2) is 4.97. The summed E-state index contributed by atoms with van der Waals surface area (Å²) in [6.07, 6.45) is 0. The quantitative estimate of drug-likeness (QED) is 0.724. The van der Waals surface area contributed by atoms with Gasteiger partial charge in [-0.2, -0.15) is 11.8 Å². The molecule has 0 aliphatic heterocycles. The second-order valence-electron chi connectivity index (χ2n) is 6.35. The van der Waals surface area contributed by atoms with E-state index in [1.54, 1.807) is 5.19 Å². The molecule has 0 nitrogen and oxygen atoms in total. The number of benzene rings is 1. The third-order valence-electron chi connectivity index (χ3n) is 2.49. The van der Waals surface area contributed by atoms with Gasteiger partial charge in [0.1, 0.15) is 0 Å². The molecule has 0 aliphatic rings. The molecule has 0 aromatic heterocycles. The van der Waals surface area contributed by atoms with Gasteiger partial charge in [0, 0.05) is 10.5 Å². The van der Waals surface area contributed by atoms with E-state index in [1.807, 2.05) is 11.8 Å². The van der Waals surface area contributed by atoms with Crippen LogP contribution in [0.1, 0.15) is 26.3 Å². The molecule has 0 radical (unpaired) electrons. The van der Waals surface area contributed by atoms with Crippen LogP contribution < -0.4 is 5.19 Å². The first-order valence-corrected chi connectivity index (χ1v) is 10.4. The van der Waals surface area contributed by atoms with E-state index in [4.69, 9.17) is 0 Å². The maximum absolute atomic E-state index is 2.39. The standard InChI is InChI=1S/C14H24SSi/c1-14(2,3)15-11-12-7-9-13(10-8-12)16(4,5)6/h7-10H,11H2,1-6H3. The Morgan fingerprint density at radius 2 is 1.50 bits per heavy atom. The normalized spacial score (nSPS) is 12.9. The van der Waals surface area contributed by atoms with Gasteiger partial charge in [-0.3, -0.25) is 0 Å². The molecule has 0 N–H and O–H groups in total. The first kappa shape index (κ1) is 13.9. The van der Waals surface area contributed by atoms with E-state index in [1.165, 1.54) is 5.56 Å². The molecule has 90 valence electrons. The number of rotatable bonds is 3. The molecule has 0 unspecified atom stereocenters. The molecule has 1 aromatic rings. The van der Waals surface area contributed by atoms with Gasteiger partial charge in [-0.1, -0.05) is 69.9 Å². The second-order valence-corrected chi connectivity index (χ2v) is 13.2. The fourth-order valence-electron chi connectivity index (χ4n) is 1.40. The minimum absolute atomic E-state index is 0.359. The molecule has 0 fully saturated rings. The molecule has 0 saturated carbocycles. The molecule has 0 bridgehead atoms. The lowest BCUT2D eigenvalue weighted by molar-refractivity contribution is 0.802. The van der Waals surface area contributed by atoms with Crippen molar-refractivity contribution in [2.75, 3.05) is 0 Å². The minimum Gasteiger partial charge on any atom is -0.151 e. The summed E-state index contributed by atoms with van der Waals surface area (Å²) in [6.45, 7) is 14.0. The Hall–Kier alpha value is -0.213. The van der Waals surface area contributed by atoms with Crippen LogP contribution in [-0.4, -0.2) is 12.8 Å². The van der Waals surface area contributed by atoms with Crippen molar-refractivity contribution in [1.82, 2.24) is 0 Å². The molecular formula is C14H24SSi. The Labute approximate surface area is 106 Å². The van der Waals surface area contributed by atoms with Gasteiger partial charge in [0.2, 0.25) is 0 Å². The molecule has 0 amide bonds. The summed E-state index contributed by atoms with van der Waals surface area (Å²) < 4.78 is 0.359. The topological polar surface area (TPSA) is 0 Å². The van der Waals surface area contributed by atoms with Gasteiger partial charge in [0.25, 0.3) is 0 Å². The van der Waals surface area contributed by atoms with Gasteiger partial charge in [-0.25, -0.2) is 0 Å². The van der Waals surface area contributed by atoms with Crippen LogP contribution in [0.3, 0.4) is 0 Å². The number of hydrogen-bond acceptors (Lipinski definition) is 1. The Kier molecular flexibility index (Phi) is 4.30. The molecule has 0 saturated heterocycles. The van der Waals surface area contributed by atoms with Crippen LogP contribution in [0.5, 0.6) is 0 Å². The van der Waals surface area contributed by atoms with Crippen molar-refractivity contribution in [3.05, 3.63) is 29.8 Å². The average molecular weight is 252 g/mol. The lowest BCUT2D eigenvalue weighted by Gasteiger charge is -2.19. The summed E-state index contributed by atoms with van der Waals surface area (Å²) in [5, 5.41) is 1.55. The maximum atomic E-state index is 2.39. The minimum atomic E-state index is -1.12. The fourth-order valence-corrected chi connectivity index (χ4v) is 3.36. The molecule has 1 rings (SSSR count). The SMILES string of the molecule is CC(C)(C)SCc1ccc([Si](C)(C)C)cc1. The summed E-state index contributed by atoms with van der Waals surface area (Å²) in [4.78, 5) is 0. The van der Waals surface area contributed by atoms with Crippen LogP contribution in [0, 0.1) is 0 Å². The fraction of sp³-hybridized carbons (Fsp3) is 0.571. The third-order valence-corrected chi connectivity index (χ3v) is 5.90.